The van der Waals surface area contributed by atoms with E-state index in [0.717, 1.165) is 16.8 Å². The second-order valence-electron chi connectivity index (χ2n) is 6.41. The van der Waals surface area contributed by atoms with Crippen LogP contribution in [-0.4, -0.2) is 15.9 Å². The maximum Gasteiger partial charge on any atom is 0.270 e. The van der Waals surface area contributed by atoms with Crippen molar-refractivity contribution in [3.05, 3.63) is 82.1 Å². The average Bonchev–Trinajstić information content (AvgIpc) is 2.64. The third kappa shape index (κ3) is 4.83. The first-order valence-corrected chi connectivity index (χ1v) is 9.05. The summed E-state index contributed by atoms with van der Waals surface area (Å²) in [5.74, 6) is 0.130. The number of nitrogens with one attached hydrogen (secondary N) is 2. The Morgan fingerprint density at radius 3 is 2.48 bits per heavy atom. The molecule has 1 heterocycles. The van der Waals surface area contributed by atoms with Crippen LogP contribution in [0.4, 0.5) is 11.6 Å². The van der Waals surface area contributed by atoms with Crippen molar-refractivity contribution in [2.75, 3.05) is 5.32 Å². The van der Waals surface area contributed by atoms with E-state index in [1.165, 1.54) is 0 Å². The summed E-state index contributed by atoms with van der Waals surface area (Å²) >= 11 is 6.00. The number of aromatic nitrogens is 2. The summed E-state index contributed by atoms with van der Waals surface area (Å²) in [4.78, 5) is 21.4. The van der Waals surface area contributed by atoms with E-state index < -0.39 is 0 Å². The standard InChI is InChI=1S/C21H21ClN4O/c1-13-11-17(22)9-10-18(13)25-21-23-14(2)12-19(26-21)20(27)24-15(3)16-7-5-4-6-8-16/h4-12,15H,1-3H3,(H,24,27)(H,23,25,26). The number of hydrogen-bond donors (Lipinski definition) is 2. The molecule has 3 rings (SSSR count). The van der Waals surface area contributed by atoms with Gasteiger partial charge in [0.25, 0.3) is 5.91 Å². The van der Waals surface area contributed by atoms with Gasteiger partial charge in [0.1, 0.15) is 5.69 Å². The van der Waals surface area contributed by atoms with Gasteiger partial charge in [-0.25, -0.2) is 9.97 Å². The normalized spacial score (nSPS) is 11.7. The molecular weight excluding hydrogens is 360 g/mol. The molecule has 2 aromatic carbocycles. The van der Waals surface area contributed by atoms with Crippen LogP contribution in [0.25, 0.3) is 0 Å². The van der Waals surface area contributed by atoms with Crippen LogP contribution in [-0.2, 0) is 0 Å². The molecule has 138 valence electrons. The van der Waals surface area contributed by atoms with Crippen molar-refractivity contribution in [1.82, 2.24) is 15.3 Å². The van der Waals surface area contributed by atoms with E-state index in [1.54, 1.807) is 12.1 Å². The third-order valence-corrected chi connectivity index (χ3v) is 4.40. The number of amides is 1. The fraction of sp³-hybridized carbons (Fsp3) is 0.190. The highest BCUT2D eigenvalue weighted by Crippen LogP contribution is 2.22. The Morgan fingerprint density at radius 2 is 1.78 bits per heavy atom. The number of rotatable bonds is 5. The summed E-state index contributed by atoms with van der Waals surface area (Å²) in [6, 6.07) is 16.9. The van der Waals surface area contributed by atoms with Crippen LogP contribution in [0, 0.1) is 13.8 Å². The molecule has 0 saturated heterocycles. The molecule has 1 unspecified atom stereocenters. The first-order chi connectivity index (χ1) is 12.9. The second kappa shape index (κ2) is 8.18. The van der Waals surface area contributed by atoms with Crippen molar-refractivity contribution in [3.8, 4) is 0 Å². The lowest BCUT2D eigenvalue weighted by molar-refractivity contribution is 0.0934. The molecule has 0 aliphatic carbocycles. The summed E-state index contributed by atoms with van der Waals surface area (Å²) < 4.78 is 0. The van der Waals surface area contributed by atoms with Crippen molar-refractivity contribution in [2.45, 2.75) is 26.8 Å². The minimum absolute atomic E-state index is 0.121. The van der Waals surface area contributed by atoms with Gasteiger partial charge in [0.05, 0.1) is 6.04 Å². The smallest absolute Gasteiger partial charge is 0.270 e. The Bertz CT molecular complexity index is 960. The van der Waals surface area contributed by atoms with E-state index in [0.29, 0.717) is 22.4 Å². The Morgan fingerprint density at radius 1 is 1.04 bits per heavy atom. The molecule has 6 heteroatoms. The van der Waals surface area contributed by atoms with Gasteiger partial charge in [-0.3, -0.25) is 4.79 Å². The minimum atomic E-state index is -0.243. The Hall–Kier alpha value is -2.92. The van der Waals surface area contributed by atoms with E-state index in [1.807, 2.05) is 63.2 Å². The Kier molecular flexibility index (Phi) is 5.72. The Balaban J connectivity index is 1.79. The molecule has 0 bridgehead atoms. The number of carbonyl (C=O) groups is 1. The molecule has 1 atom stereocenters. The van der Waals surface area contributed by atoms with Crippen molar-refractivity contribution in [1.29, 1.82) is 0 Å². The lowest BCUT2D eigenvalue weighted by atomic mass is 10.1. The minimum Gasteiger partial charge on any atom is -0.344 e. The largest absolute Gasteiger partial charge is 0.344 e. The molecule has 0 fully saturated rings. The highest BCUT2D eigenvalue weighted by Gasteiger charge is 2.15. The van der Waals surface area contributed by atoms with Gasteiger partial charge in [-0.15, -0.1) is 0 Å². The monoisotopic (exact) mass is 380 g/mol. The molecule has 27 heavy (non-hydrogen) atoms. The number of benzene rings is 2. The van der Waals surface area contributed by atoms with Crippen LogP contribution >= 0.6 is 11.6 Å². The Labute approximate surface area is 163 Å². The molecule has 3 aromatic rings. The number of hydrogen-bond acceptors (Lipinski definition) is 4. The number of nitrogens with zero attached hydrogens (tertiary/aromatic N) is 2. The van der Waals surface area contributed by atoms with Crippen LogP contribution < -0.4 is 10.6 Å². The van der Waals surface area contributed by atoms with E-state index >= 15 is 0 Å². The van der Waals surface area contributed by atoms with Crippen molar-refractivity contribution in [2.24, 2.45) is 0 Å². The molecule has 0 radical (unpaired) electrons. The lowest BCUT2D eigenvalue weighted by Crippen LogP contribution is -2.27. The average molecular weight is 381 g/mol. The van der Waals surface area contributed by atoms with Gasteiger partial charge in [0, 0.05) is 16.4 Å². The molecule has 5 nitrogen and oxygen atoms in total. The summed E-state index contributed by atoms with van der Waals surface area (Å²) in [6.07, 6.45) is 0. The predicted molar refractivity (Wildman–Crippen MR) is 109 cm³/mol. The second-order valence-corrected chi connectivity index (χ2v) is 6.84. The maximum atomic E-state index is 12.7. The van der Waals surface area contributed by atoms with Gasteiger partial charge in [0.15, 0.2) is 0 Å². The van der Waals surface area contributed by atoms with Gasteiger partial charge in [-0.1, -0.05) is 41.9 Å². The van der Waals surface area contributed by atoms with Crippen LogP contribution in [0.5, 0.6) is 0 Å². The molecule has 0 saturated carbocycles. The number of aryl methyl sites for hydroxylation is 2. The van der Waals surface area contributed by atoms with Crippen LogP contribution in [0.15, 0.2) is 54.6 Å². The first-order valence-electron chi connectivity index (χ1n) is 8.67. The zero-order valence-corrected chi connectivity index (χ0v) is 16.2. The fourth-order valence-corrected chi connectivity index (χ4v) is 2.95. The summed E-state index contributed by atoms with van der Waals surface area (Å²) in [7, 11) is 0. The number of anilines is 2. The zero-order valence-electron chi connectivity index (χ0n) is 15.5. The molecule has 0 aliphatic heterocycles. The summed E-state index contributed by atoms with van der Waals surface area (Å²) in [5, 5.41) is 6.80. The van der Waals surface area contributed by atoms with Gasteiger partial charge >= 0.3 is 0 Å². The SMILES string of the molecule is Cc1cc(C(=O)NC(C)c2ccccc2)nc(Nc2ccc(Cl)cc2C)n1. The molecule has 0 aliphatic rings. The molecule has 2 N–H and O–H groups in total. The number of halogens is 1. The van der Waals surface area contributed by atoms with E-state index in [2.05, 4.69) is 20.6 Å². The third-order valence-electron chi connectivity index (χ3n) is 4.17. The first kappa shape index (κ1) is 18.9. The highest BCUT2D eigenvalue weighted by molar-refractivity contribution is 6.30. The van der Waals surface area contributed by atoms with Crippen LogP contribution in [0.3, 0.4) is 0 Å². The van der Waals surface area contributed by atoms with Gasteiger partial charge in [-0.05, 0) is 56.2 Å². The topological polar surface area (TPSA) is 66.9 Å². The number of carbonyl (C=O) groups excluding carboxylic acids is 1. The molecular formula is C21H21ClN4O. The maximum absolute atomic E-state index is 12.7. The van der Waals surface area contributed by atoms with E-state index in [4.69, 9.17) is 11.6 Å². The van der Waals surface area contributed by atoms with Gasteiger partial charge in [-0.2, -0.15) is 0 Å². The summed E-state index contributed by atoms with van der Waals surface area (Å²) in [6.45, 7) is 5.72. The van der Waals surface area contributed by atoms with Crippen LogP contribution in [0.2, 0.25) is 5.02 Å². The lowest BCUT2D eigenvalue weighted by Gasteiger charge is -2.15. The quantitative estimate of drug-likeness (QED) is 0.655. The highest BCUT2D eigenvalue weighted by atomic mass is 35.5. The van der Waals surface area contributed by atoms with E-state index in [-0.39, 0.29) is 11.9 Å². The molecule has 1 amide bonds. The zero-order chi connectivity index (χ0) is 19.4. The fourth-order valence-electron chi connectivity index (χ4n) is 2.72. The molecule has 1 aromatic heterocycles. The predicted octanol–water partition coefficient (Wildman–Crippen LogP) is 4.98. The molecule has 0 spiro atoms. The summed E-state index contributed by atoms with van der Waals surface area (Å²) in [5.41, 5.74) is 3.87. The van der Waals surface area contributed by atoms with E-state index in [9.17, 15) is 4.79 Å². The van der Waals surface area contributed by atoms with Gasteiger partial charge in [0.2, 0.25) is 5.95 Å². The van der Waals surface area contributed by atoms with Crippen LogP contribution in [0.1, 0.15) is 40.3 Å². The van der Waals surface area contributed by atoms with Crippen molar-refractivity contribution < 1.29 is 4.79 Å². The van der Waals surface area contributed by atoms with Gasteiger partial charge < -0.3 is 10.6 Å². The van der Waals surface area contributed by atoms with Crippen molar-refractivity contribution >= 4 is 29.1 Å². The van der Waals surface area contributed by atoms with Crippen molar-refractivity contribution in [3.63, 3.8) is 0 Å².